The van der Waals surface area contributed by atoms with Crippen LogP contribution in [0.3, 0.4) is 0 Å². The molecule has 0 N–H and O–H groups in total. The van der Waals surface area contributed by atoms with Crippen molar-refractivity contribution in [3.05, 3.63) is 30.3 Å². The molecule has 7 heteroatoms. The quantitative estimate of drug-likeness (QED) is 0.812. The number of aromatic nitrogens is 4. The highest BCUT2D eigenvalue weighted by molar-refractivity contribution is 7.91. The molecule has 0 fully saturated rings. The van der Waals surface area contributed by atoms with Crippen LogP contribution in [0.15, 0.2) is 35.5 Å². The van der Waals surface area contributed by atoms with E-state index in [0.717, 1.165) is 6.42 Å². The first-order valence-corrected chi connectivity index (χ1v) is 8.26. The smallest absolute Gasteiger partial charge is 0.220 e. The molecule has 108 valence electrons. The van der Waals surface area contributed by atoms with E-state index in [1.165, 1.54) is 4.68 Å². The summed E-state index contributed by atoms with van der Waals surface area (Å²) in [5.41, 5.74) is 0.639. The Balaban J connectivity index is 2.28. The van der Waals surface area contributed by atoms with Crippen molar-refractivity contribution in [3.8, 4) is 5.69 Å². The van der Waals surface area contributed by atoms with Crippen molar-refractivity contribution in [2.24, 2.45) is 5.92 Å². The van der Waals surface area contributed by atoms with Crippen LogP contribution in [0.4, 0.5) is 0 Å². The molecule has 0 spiro atoms. The van der Waals surface area contributed by atoms with Crippen molar-refractivity contribution >= 4 is 9.84 Å². The fourth-order valence-corrected chi connectivity index (χ4v) is 3.22. The largest absolute Gasteiger partial charge is 0.272 e. The van der Waals surface area contributed by atoms with Crippen LogP contribution in [0.5, 0.6) is 0 Å². The van der Waals surface area contributed by atoms with E-state index in [4.69, 9.17) is 0 Å². The van der Waals surface area contributed by atoms with Gasteiger partial charge in [-0.25, -0.2) is 8.42 Å². The maximum atomic E-state index is 12.3. The van der Waals surface area contributed by atoms with Gasteiger partial charge < -0.3 is 0 Å². The Kier molecular flexibility index (Phi) is 4.49. The van der Waals surface area contributed by atoms with E-state index in [0.29, 0.717) is 18.0 Å². The summed E-state index contributed by atoms with van der Waals surface area (Å²) < 4.78 is 26.0. The van der Waals surface area contributed by atoms with Crippen LogP contribution in [0.1, 0.15) is 26.7 Å². The minimum atomic E-state index is -3.47. The summed E-state index contributed by atoms with van der Waals surface area (Å²) in [5.74, 6) is 0.431. The molecular weight excluding hydrogens is 276 g/mol. The molecule has 0 aliphatic heterocycles. The molecule has 1 atom stereocenters. The van der Waals surface area contributed by atoms with Crippen LogP contribution < -0.4 is 0 Å². The number of sulfone groups is 1. The van der Waals surface area contributed by atoms with Crippen LogP contribution in [0, 0.1) is 5.92 Å². The van der Waals surface area contributed by atoms with Crippen molar-refractivity contribution in [3.63, 3.8) is 0 Å². The minimum Gasteiger partial charge on any atom is -0.220 e. The van der Waals surface area contributed by atoms with Crippen LogP contribution in [-0.2, 0) is 9.84 Å². The molecule has 1 heterocycles. The summed E-state index contributed by atoms with van der Waals surface area (Å²) in [4.78, 5) is 0. The molecule has 2 rings (SSSR count). The average Bonchev–Trinajstić information content (AvgIpc) is 2.96. The second kappa shape index (κ2) is 6.13. The van der Waals surface area contributed by atoms with Crippen molar-refractivity contribution < 1.29 is 8.42 Å². The molecule has 0 aliphatic rings. The van der Waals surface area contributed by atoms with Gasteiger partial charge in [-0.05, 0) is 34.9 Å². The van der Waals surface area contributed by atoms with Gasteiger partial charge in [0, 0.05) is 0 Å². The maximum Gasteiger partial charge on any atom is 0.272 e. The number of para-hydroxylation sites is 1. The summed E-state index contributed by atoms with van der Waals surface area (Å²) >= 11 is 0. The van der Waals surface area contributed by atoms with Gasteiger partial charge in [0.15, 0.2) is 0 Å². The van der Waals surface area contributed by atoms with Gasteiger partial charge >= 0.3 is 0 Å². The molecule has 0 aliphatic carbocycles. The van der Waals surface area contributed by atoms with Crippen molar-refractivity contribution in [1.29, 1.82) is 0 Å². The first kappa shape index (κ1) is 14.6. The third-order valence-corrected chi connectivity index (χ3v) is 4.88. The number of nitrogens with zero attached hydrogens (tertiary/aromatic N) is 4. The van der Waals surface area contributed by atoms with Crippen LogP contribution in [-0.4, -0.2) is 34.4 Å². The molecule has 1 aromatic carbocycles. The monoisotopic (exact) mass is 294 g/mol. The standard InChI is InChI=1S/C13H18N4O2S/c1-3-11(2)9-10-20(18,19)13-14-15-16-17(13)12-7-5-4-6-8-12/h4-8,11H,3,9-10H2,1-2H3/t11-/m0/s1. The van der Waals surface area contributed by atoms with Crippen molar-refractivity contribution in [2.75, 3.05) is 5.75 Å². The number of hydrogen-bond acceptors (Lipinski definition) is 5. The number of benzene rings is 1. The molecule has 6 nitrogen and oxygen atoms in total. The van der Waals surface area contributed by atoms with E-state index in [1.807, 2.05) is 32.0 Å². The summed E-state index contributed by atoms with van der Waals surface area (Å²) in [5, 5.41) is 10.9. The third kappa shape index (κ3) is 3.22. The normalized spacial score (nSPS) is 13.3. The van der Waals surface area contributed by atoms with Gasteiger partial charge in [-0.15, -0.1) is 0 Å². The van der Waals surface area contributed by atoms with E-state index >= 15 is 0 Å². The molecule has 0 radical (unpaired) electrons. The molecule has 0 bridgehead atoms. The fraction of sp³-hybridized carbons (Fsp3) is 0.462. The zero-order chi connectivity index (χ0) is 14.6. The molecule has 0 unspecified atom stereocenters. The summed E-state index contributed by atoms with van der Waals surface area (Å²) in [6, 6.07) is 9.01. The Morgan fingerprint density at radius 3 is 2.60 bits per heavy atom. The van der Waals surface area contributed by atoms with Gasteiger partial charge in [0.2, 0.25) is 9.84 Å². The van der Waals surface area contributed by atoms with E-state index in [-0.39, 0.29) is 10.9 Å². The molecular formula is C13H18N4O2S. The lowest BCUT2D eigenvalue weighted by Crippen LogP contribution is -2.15. The first-order chi connectivity index (χ1) is 9.54. The highest BCUT2D eigenvalue weighted by Crippen LogP contribution is 2.16. The van der Waals surface area contributed by atoms with E-state index in [9.17, 15) is 8.42 Å². The summed E-state index contributed by atoms with van der Waals surface area (Å²) in [6.45, 7) is 4.08. The van der Waals surface area contributed by atoms with E-state index < -0.39 is 9.84 Å². The zero-order valence-corrected chi connectivity index (χ0v) is 12.4. The second-order valence-corrected chi connectivity index (χ2v) is 6.83. The zero-order valence-electron chi connectivity index (χ0n) is 11.6. The molecule has 0 amide bonds. The Morgan fingerprint density at radius 1 is 1.25 bits per heavy atom. The number of rotatable bonds is 6. The summed E-state index contributed by atoms with van der Waals surface area (Å²) in [7, 11) is -3.47. The molecule has 0 saturated carbocycles. The predicted octanol–water partition coefficient (Wildman–Crippen LogP) is 1.87. The fourth-order valence-electron chi connectivity index (χ4n) is 1.76. The van der Waals surface area contributed by atoms with Crippen LogP contribution >= 0.6 is 0 Å². The molecule has 1 aromatic heterocycles. The third-order valence-electron chi connectivity index (χ3n) is 3.30. The van der Waals surface area contributed by atoms with Gasteiger partial charge in [0.25, 0.3) is 5.16 Å². The number of hydrogen-bond donors (Lipinski definition) is 0. The topological polar surface area (TPSA) is 77.7 Å². The Morgan fingerprint density at radius 2 is 1.95 bits per heavy atom. The lowest BCUT2D eigenvalue weighted by molar-refractivity contribution is 0.527. The highest BCUT2D eigenvalue weighted by Gasteiger charge is 2.24. The maximum absolute atomic E-state index is 12.3. The summed E-state index contributed by atoms with van der Waals surface area (Å²) in [6.07, 6.45) is 1.57. The highest BCUT2D eigenvalue weighted by atomic mass is 32.2. The van der Waals surface area contributed by atoms with Gasteiger partial charge in [-0.1, -0.05) is 43.6 Å². The second-order valence-electron chi connectivity index (χ2n) is 4.83. The van der Waals surface area contributed by atoms with Crippen molar-refractivity contribution in [1.82, 2.24) is 20.2 Å². The Hall–Kier alpha value is -1.76. The predicted molar refractivity (Wildman–Crippen MR) is 75.3 cm³/mol. The van der Waals surface area contributed by atoms with Gasteiger partial charge in [-0.2, -0.15) is 4.68 Å². The van der Waals surface area contributed by atoms with Gasteiger partial charge in [-0.3, -0.25) is 0 Å². The Labute approximate surface area is 118 Å². The Bertz CT molecular complexity index is 652. The van der Waals surface area contributed by atoms with Gasteiger partial charge in [0.1, 0.15) is 0 Å². The first-order valence-electron chi connectivity index (χ1n) is 6.61. The SMILES string of the molecule is CC[C@H](C)CCS(=O)(=O)c1nnnn1-c1ccccc1. The molecule has 2 aromatic rings. The lowest BCUT2D eigenvalue weighted by Gasteiger charge is -2.08. The van der Waals surface area contributed by atoms with E-state index in [2.05, 4.69) is 15.5 Å². The lowest BCUT2D eigenvalue weighted by atomic mass is 10.1. The average molecular weight is 294 g/mol. The minimum absolute atomic E-state index is 0.0647. The van der Waals surface area contributed by atoms with Crippen LogP contribution in [0.2, 0.25) is 0 Å². The van der Waals surface area contributed by atoms with Gasteiger partial charge in [0.05, 0.1) is 11.4 Å². The molecule has 0 saturated heterocycles. The van der Waals surface area contributed by atoms with E-state index in [1.54, 1.807) is 12.1 Å². The number of tetrazole rings is 1. The van der Waals surface area contributed by atoms with Crippen molar-refractivity contribution in [2.45, 2.75) is 31.8 Å². The molecule has 20 heavy (non-hydrogen) atoms. The van der Waals surface area contributed by atoms with Crippen LogP contribution in [0.25, 0.3) is 5.69 Å².